The smallest absolute Gasteiger partial charge is 0.393 e. The number of hydrogen-bond donors (Lipinski definition) is 1. The van der Waals surface area contributed by atoms with Gasteiger partial charge in [0.15, 0.2) is 0 Å². The second-order valence-electron chi connectivity index (χ2n) is 5.07. The molecule has 96 valence electrons. The molecule has 1 saturated carbocycles. The first kappa shape index (κ1) is 12.4. The van der Waals surface area contributed by atoms with Gasteiger partial charge in [-0.15, -0.1) is 0 Å². The maximum atomic E-state index is 5.49. The van der Waals surface area contributed by atoms with Gasteiger partial charge < -0.3 is 14.5 Å². The van der Waals surface area contributed by atoms with Crippen LogP contribution >= 0.6 is 0 Å². The van der Waals surface area contributed by atoms with E-state index in [0.29, 0.717) is 12.1 Å². The third kappa shape index (κ3) is 4.04. The van der Waals surface area contributed by atoms with Gasteiger partial charge in [-0.1, -0.05) is 33.1 Å². The second-order valence-corrected chi connectivity index (χ2v) is 5.07. The minimum Gasteiger partial charge on any atom is -0.450 e. The Morgan fingerprint density at radius 1 is 1.53 bits per heavy atom. The van der Waals surface area contributed by atoms with Gasteiger partial charge in [0, 0.05) is 12.6 Å². The van der Waals surface area contributed by atoms with E-state index in [1.165, 1.54) is 19.3 Å². The number of nitrogens with one attached hydrogen (secondary N) is 1. The number of aromatic nitrogens is 1. The van der Waals surface area contributed by atoms with Gasteiger partial charge in [0.05, 0.1) is 12.3 Å². The standard InChI is InChI=1S/C13H22N2O2/c1-10(2)14-8-12-9-17-13(15-12)16-7-6-11-4-3-5-11/h9-11,14H,3-8H2,1-2H3. The van der Waals surface area contributed by atoms with Crippen LogP contribution in [-0.4, -0.2) is 17.6 Å². The predicted octanol–water partition coefficient (Wildman–Crippen LogP) is 2.74. The first-order chi connectivity index (χ1) is 8.24. The van der Waals surface area contributed by atoms with Crippen molar-refractivity contribution in [3.63, 3.8) is 0 Å². The van der Waals surface area contributed by atoms with E-state index in [9.17, 15) is 0 Å². The number of nitrogens with zero attached hydrogens (tertiary/aromatic N) is 1. The van der Waals surface area contributed by atoms with Crippen LogP contribution in [-0.2, 0) is 6.54 Å². The summed E-state index contributed by atoms with van der Waals surface area (Å²) in [4.78, 5) is 4.27. The van der Waals surface area contributed by atoms with Crippen LogP contribution in [0.2, 0.25) is 0 Å². The molecule has 0 amide bonds. The zero-order chi connectivity index (χ0) is 12.1. The van der Waals surface area contributed by atoms with Crippen LogP contribution in [0.5, 0.6) is 6.08 Å². The summed E-state index contributed by atoms with van der Waals surface area (Å²) in [6.45, 7) is 5.67. The van der Waals surface area contributed by atoms with Crippen molar-refractivity contribution in [1.29, 1.82) is 0 Å². The van der Waals surface area contributed by atoms with Crippen molar-refractivity contribution in [2.24, 2.45) is 5.92 Å². The summed E-state index contributed by atoms with van der Waals surface area (Å²) in [5.41, 5.74) is 0.900. The molecule has 0 atom stereocenters. The molecular formula is C13H22N2O2. The fraction of sp³-hybridized carbons (Fsp3) is 0.769. The number of oxazole rings is 1. The number of ether oxygens (including phenoxy) is 1. The summed E-state index contributed by atoms with van der Waals surface area (Å²) in [6.07, 6.45) is 7.30. The molecule has 1 aliphatic carbocycles. The zero-order valence-corrected chi connectivity index (χ0v) is 10.7. The SMILES string of the molecule is CC(C)NCc1coc(OCCC2CCC2)n1. The van der Waals surface area contributed by atoms with Crippen LogP contribution in [0, 0.1) is 5.92 Å². The lowest BCUT2D eigenvalue weighted by atomic mass is 9.83. The Labute approximate surface area is 103 Å². The molecule has 0 spiro atoms. The van der Waals surface area contributed by atoms with Crippen LogP contribution < -0.4 is 10.1 Å². The van der Waals surface area contributed by atoms with E-state index in [1.54, 1.807) is 6.26 Å². The van der Waals surface area contributed by atoms with Crippen LogP contribution in [0.1, 0.15) is 45.2 Å². The Morgan fingerprint density at radius 2 is 2.35 bits per heavy atom. The molecule has 0 aromatic carbocycles. The van der Waals surface area contributed by atoms with Gasteiger partial charge in [0.25, 0.3) is 0 Å². The Balaban J connectivity index is 1.66. The molecule has 0 bridgehead atoms. The molecule has 0 aliphatic heterocycles. The summed E-state index contributed by atoms with van der Waals surface area (Å²) >= 11 is 0. The molecule has 1 aromatic rings. The van der Waals surface area contributed by atoms with Crippen molar-refractivity contribution < 1.29 is 9.15 Å². The highest BCUT2D eigenvalue weighted by Gasteiger charge is 2.17. The van der Waals surface area contributed by atoms with Gasteiger partial charge >= 0.3 is 6.08 Å². The lowest BCUT2D eigenvalue weighted by Gasteiger charge is -2.24. The molecule has 1 N–H and O–H groups in total. The van der Waals surface area contributed by atoms with Crippen molar-refractivity contribution in [2.45, 2.75) is 52.1 Å². The molecule has 0 saturated heterocycles. The van der Waals surface area contributed by atoms with Gasteiger partial charge in [0.2, 0.25) is 0 Å². The molecule has 1 fully saturated rings. The minimum atomic E-state index is 0.407. The molecule has 1 aromatic heterocycles. The van der Waals surface area contributed by atoms with Crippen molar-refractivity contribution in [2.75, 3.05) is 6.61 Å². The number of rotatable bonds is 7. The third-order valence-electron chi connectivity index (χ3n) is 3.20. The zero-order valence-electron chi connectivity index (χ0n) is 10.7. The van der Waals surface area contributed by atoms with Crippen molar-refractivity contribution in [3.05, 3.63) is 12.0 Å². The summed E-state index contributed by atoms with van der Waals surface area (Å²) in [6, 6.07) is 0.453. The second kappa shape index (κ2) is 6.05. The van der Waals surface area contributed by atoms with E-state index in [1.807, 2.05) is 0 Å². The number of hydrogen-bond acceptors (Lipinski definition) is 4. The van der Waals surface area contributed by atoms with Crippen LogP contribution in [0.15, 0.2) is 10.7 Å². The van der Waals surface area contributed by atoms with Crippen molar-refractivity contribution in [3.8, 4) is 6.08 Å². The molecule has 0 unspecified atom stereocenters. The topological polar surface area (TPSA) is 47.3 Å². The summed E-state index contributed by atoms with van der Waals surface area (Å²) in [7, 11) is 0. The van der Waals surface area contributed by atoms with Crippen LogP contribution in [0.3, 0.4) is 0 Å². The average molecular weight is 238 g/mol. The first-order valence-electron chi connectivity index (χ1n) is 6.54. The minimum absolute atomic E-state index is 0.407. The van der Waals surface area contributed by atoms with Crippen LogP contribution in [0.25, 0.3) is 0 Å². The van der Waals surface area contributed by atoms with E-state index < -0.39 is 0 Å². The van der Waals surface area contributed by atoms with E-state index in [0.717, 1.165) is 31.2 Å². The van der Waals surface area contributed by atoms with E-state index in [-0.39, 0.29) is 0 Å². The maximum absolute atomic E-state index is 5.49. The van der Waals surface area contributed by atoms with Gasteiger partial charge in [-0.05, 0) is 12.3 Å². The fourth-order valence-corrected chi connectivity index (χ4v) is 1.84. The fourth-order valence-electron chi connectivity index (χ4n) is 1.84. The average Bonchev–Trinajstić information content (AvgIpc) is 2.67. The van der Waals surface area contributed by atoms with Crippen LogP contribution in [0.4, 0.5) is 0 Å². The highest BCUT2D eigenvalue weighted by molar-refractivity contribution is 4.99. The van der Waals surface area contributed by atoms with Gasteiger partial charge in [0.1, 0.15) is 6.26 Å². The molecule has 0 radical (unpaired) electrons. The van der Waals surface area contributed by atoms with Crippen molar-refractivity contribution in [1.82, 2.24) is 10.3 Å². The lowest BCUT2D eigenvalue weighted by molar-refractivity contribution is 0.183. The third-order valence-corrected chi connectivity index (χ3v) is 3.20. The molecule has 2 rings (SSSR count). The Kier molecular flexibility index (Phi) is 4.42. The summed E-state index contributed by atoms with van der Waals surface area (Å²) in [5, 5.41) is 3.29. The summed E-state index contributed by atoms with van der Waals surface area (Å²) < 4.78 is 10.8. The maximum Gasteiger partial charge on any atom is 0.393 e. The highest BCUT2D eigenvalue weighted by atomic mass is 16.6. The predicted molar refractivity (Wildman–Crippen MR) is 65.9 cm³/mol. The van der Waals surface area contributed by atoms with E-state index in [2.05, 4.69) is 24.1 Å². The van der Waals surface area contributed by atoms with Gasteiger partial charge in [-0.25, -0.2) is 0 Å². The quantitative estimate of drug-likeness (QED) is 0.793. The van der Waals surface area contributed by atoms with E-state index in [4.69, 9.17) is 9.15 Å². The van der Waals surface area contributed by atoms with E-state index >= 15 is 0 Å². The molecule has 1 aliphatic rings. The normalized spacial score (nSPS) is 16.2. The monoisotopic (exact) mass is 238 g/mol. The Bertz CT molecular complexity index is 332. The molecular weight excluding hydrogens is 216 g/mol. The Hall–Kier alpha value is -1.03. The highest BCUT2D eigenvalue weighted by Crippen LogP contribution is 2.29. The van der Waals surface area contributed by atoms with Crippen molar-refractivity contribution >= 4 is 0 Å². The lowest BCUT2D eigenvalue weighted by Crippen LogP contribution is -2.21. The first-order valence-corrected chi connectivity index (χ1v) is 6.54. The molecule has 17 heavy (non-hydrogen) atoms. The molecule has 4 nitrogen and oxygen atoms in total. The summed E-state index contributed by atoms with van der Waals surface area (Å²) in [5.74, 6) is 0.868. The Morgan fingerprint density at radius 3 is 3.00 bits per heavy atom. The molecule has 1 heterocycles. The largest absolute Gasteiger partial charge is 0.450 e. The van der Waals surface area contributed by atoms with Gasteiger partial charge in [-0.3, -0.25) is 0 Å². The van der Waals surface area contributed by atoms with Gasteiger partial charge in [-0.2, -0.15) is 4.98 Å². The molecule has 4 heteroatoms.